The number of nitrogens with zero attached hydrogens (tertiary/aromatic N) is 3. The van der Waals surface area contributed by atoms with Gasteiger partial charge in [0.1, 0.15) is 17.3 Å². The van der Waals surface area contributed by atoms with Crippen LogP contribution in [0, 0.1) is 20.8 Å². The molecule has 20 heavy (non-hydrogen) atoms. The first kappa shape index (κ1) is 13.4. The number of nitrogens with two attached hydrogens (primary N) is 1. The molecule has 2 aromatic rings. The second-order valence-corrected chi connectivity index (χ2v) is 6.02. The van der Waals surface area contributed by atoms with Crippen LogP contribution in [0.3, 0.4) is 0 Å². The lowest BCUT2D eigenvalue weighted by Gasteiger charge is -2.32. The Morgan fingerprint density at radius 1 is 1.30 bits per heavy atom. The van der Waals surface area contributed by atoms with Crippen LogP contribution in [0.15, 0.2) is 0 Å². The SMILES string of the molecule is Cc1nc(N)c2c(C)c(C)n(C3(C)CCOC3C)c2n1. The highest BCUT2D eigenvalue weighted by Gasteiger charge is 2.41. The normalized spacial score (nSPS) is 26.6. The van der Waals surface area contributed by atoms with Crippen LogP contribution in [0.4, 0.5) is 5.82 Å². The van der Waals surface area contributed by atoms with Gasteiger partial charge >= 0.3 is 0 Å². The third kappa shape index (κ3) is 1.59. The minimum Gasteiger partial charge on any atom is -0.383 e. The molecule has 2 unspecified atom stereocenters. The number of rotatable bonds is 1. The van der Waals surface area contributed by atoms with Crippen LogP contribution < -0.4 is 5.73 Å². The summed E-state index contributed by atoms with van der Waals surface area (Å²) in [5.41, 5.74) is 9.34. The smallest absolute Gasteiger partial charge is 0.146 e. The van der Waals surface area contributed by atoms with Crippen LogP contribution >= 0.6 is 0 Å². The first-order valence-corrected chi connectivity index (χ1v) is 7.10. The molecule has 1 saturated heterocycles. The average molecular weight is 274 g/mol. The van der Waals surface area contributed by atoms with Crippen molar-refractivity contribution in [2.45, 2.75) is 52.7 Å². The maximum absolute atomic E-state index is 6.12. The van der Waals surface area contributed by atoms with Gasteiger partial charge in [-0.2, -0.15) is 0 Å². The molecule has 1 fully saturated rings. The molecule has 0 amide bonds. The number of nitrogen functional groups attached to an aromatic ring is 1. The van der Waals surface area contributed by atoms with E-state index in [2.05, 4.69) is 42.2 Å². The molecule has 1 aliphatic heterocycles. The zero-order valence-electron chi connectivity index (χ0n) is 12.8. The van der Waals surface area contributed by atoms with Gasteiger partial charge in [0.25, 0.3) is 0 Å². The summed E-state index contributed by atoms with van der Waals surface area (Å²) in [4.78, 5) is 8.97. The quantitative estimate of drug-likeness (QED) is 0.867. The molecule has 0 radical (unpaired) electrons. The highest BCUT2D eigenvalue weighted by atomic mass is 16.5. The molecule has 0 aromatic carbocycles. The van der Waals surface area contributed by atoms with Gasteiger partial charge in [-0.05, 0) is 46.6 Å². The van der Waals surface area contributed by atoms with Gasteiger partial charge in [0.05, 0.1) is 17.0 Å². The van der Waals surface area contributed by atoms with Crippen molar-refractivity contribution < 1.29 is 4.74 Å². The standard InChI is InChI=1S/C15H22N4O/c1-8-9(2)19(15(5)6-7-20-10(15)3)14-12(8)13(16)17-11(4)18-14/h10H,6-7H2,1-5H3,(H2,16,17,18). The summed E-state index contributed by atoms with van der Waals surface area (Å²) in [6.45, 7) is 11.3. The lowest BCUT2D eigenvalue weighted by atomic mass is 9.94. The Morgan fingerprint density at radius 3 is 2.60 bits per heavy atom. The number of aryl methyl sites for hydroxylation is 2. The van der Waals surface area contributed by atoms with Crippen LogP contribution in [-0.2, 0) is 10.3 Å². The van der Waals surface area contributed by atoms with Crippen LogP contribution in [0.25, 0.3) is 11.0 Å². The predicted octanol–water partition coefficient (Wildman–Crippen LogP) is 2.46. The van der Waals surface area contributed by atoms with Gasteiger partial charge in [0.15, 0.2) is 0 Å². The first-order valence-electron chi connectivity index (χ1n) is 7.10. The lowest BCUT2D eigenvalue weighted by molar-refractivity contribution is 0.0767. The Balaban J connectivity index is 2.39. The molecule has 108 valence electrons. The number of hydrogen-bond acceptors (Lipinski definition) is 4. The Bertz CT molecular complexity index is 691. The van der Waals surface area contributed by atoms with Crippen LogP contribution in [0.2, 0.25) is 0 Å². The molecule has 0 spiro atoms. The van der Waals surface area contributed by atoms with Gasteiger partial charge in [-0.25, -0.2) is 9.97 Å². The molecule has 0 bridgehead atoms. The second kappa shape index (κ2) is 4.19. The summed E-state index contributed by atoms with van der Waals surface area (Å²) in [5, 5.41) is 0.980. The van der Waals surface area contributed by atoms with E-state index in [-0.39, 0.29) is 11.6 Å². The van der Waals surface area contributed by atoms with Crippen molar-refractivity contribution in [2.75, 3.05) is 12.3 Å². The molecule has 0 saturated carbocycles. The summed E-state index contributed by atoms with van der Waals surface area (Å²) < 4.78 is 8.11. The summed E-state index contributed by atoms with van der Waals surface area (Å²) in [5.74, 6) is 1.28. The van der Waals surface area contributed by atoms with Gasteiger partial charge in [-0.3, -0.25) is 0 Å². The highest BCUT2D eigenvalue weighted by molar-refractivity contribution is 5.91. The third-order valence-corrected chi connectivity index (χ3v) is 4.86. The van der Waals surface area contributed by atoms with Crippen molar-refractivity contribution in [3.8, 4) is 0 Å². The second-order valence-electron chi connectivity index (χ2n) is 6.02. The van der Waals surface area contributed by atoms with E-state index in [9.17, 15) is 0 Å². The van der Waals surface area contributed by atoms with Crippen molar-refractivity contribution in [2.24, 2.45) is 0 Å². The topological polar surface area (TPSA) is 66.0 Å². The molecule has 5 heteroatoms. The van der Waals surface area contributed by atoms with Gasteiger partial charge in [-0.15, -0.1) is 0 Å². The fourth-order valence-corrected chi connectivity index (χ4v) is 3.35. The monoisotopic (exact) mass is 274 g/mol. The van der Waals surface area contributed by atoms with E-state index in [4.69, 9.17) is 10.5 Å². The van der Waals surface area contributed by atoms with E-state index in [1.165, 1.54) is 5.69 Å². The summed E-state index contributed by atoms with van der Waals surface area (Å²) in [6, 6.07) is 0. The third-order valence-electron chi connectivity index (χ3n) is 4.86. The number of anilines is 1. The largest absolute Gasteiger partial charge is 0.383 e. The Hall–Kier alpha value is -1.62. The van der Waals surface area contributed by atoms with E-state index in [0.29, 0.717) is 11.6 Å². The maximum Gasteiger partial charge on any atom is 0.146 e. The average Bonchev–Trinajstić information content (AvgIpc) is 2.80. The molecular formula is C15H22N4O. The number of aromatic nitrogens is 3. The van der Waals surface area contributed by atoms with E-state index < -0.39 is 0 Å². The first-order chi connectivity index (χ1) is 9.36. The van der Waals surface area contributed by atoms with Gasteiger partial charge in [0, 0.05) is 12.3 Å². The minimum atomic E-state index is -0.0795. The van der Waals surface area contributed by atoms with E-state index in [1.807, 2.05) is 6.92 Å². The van der Waals surface area contributed by atoms with Crippen molar-refractivity contribution >= 4 is 16.9 Å². The van der Waals surface area contributed by atoms with Crippen molar-refractivity contribution in [3.63, 3.8) is 0 Å². The Kier molecular flexibility index (Phi) is 2.80. The maximum atomic E-state index is 6.12. The van der Waals surface area contributed by atoms with Gasteiger partial charge in [0.2, 0.25) is 0 Å². The predicted molar refractivity (Wildman–Crippen MR) is 79.8 cm³/mol. The van der Waals surface area contributed by atoms with E-state index in [0.717, 1.165) is 29.6 Å². The zero-order valence-corrected chi connectivity index (χ0v) is 12.8. The molecule has 5 nitrogen and oxygen atoms in total. The molecule has 2 N–H and O–H groups in total. The van der Waals surface area contributed by atoms with Crippen LogP contribution in [0.5, 0.6) is 0 Å². The Labute approximate surface area is 119 Å². The van der Waals surface area contributed by atoms with Gasteiger partial charge in [-0.1, -0.05) is 0 Å². The lowest BCUT2D eigenvalue weighted by Crippen LogP contribution is -2.37. The summed E-state index contributed by atoms with van der Waals surface area (Å²) in [7, 11) is 0. The van der Waals surface area contributed by atoms with Crippen molar-refractivity contribution in [3.05, 3.63) is 17.1 Å². The highest BCUT2D eigenvalue weighted by Crippen LogP contribution is 2.39. The fourth-order valence-electron chi connectivity index (χ4n) is 3.35. The van der Waals surface area contributed by atoms with Crippen LogP contribution in [-0.4, -0.2) is 27.2 Å². The zero-order chi connectivity index (χ0) is 14.7. The molecule has 0 aliphatic carbocycles. The molecule has 1 aliphatic rings. The van der Waals surface area contributed by atoms with E-state index >= 15 is 0 Å². The fraction of sp³-hybridized carbons (Fsp3) is 0.600. The van der Waals surface area contributed by atoms with Gasteiger partial charge < -0.3 is 15.0 Å². The number of fused-ring (bicyclic) bond motifs is 1. The molecular weight excluding hydrogens is 252 g/mol. The van der Waals surface area contributed by atoms with Crippen molar-refractivity contribution in [1.29, 1.82) is 0 Å². The number of ether oxygens (including phenoxy) is 1. The molecule has 3 heterocycles. The van der Waals surface area contributed by atoms with Crippen molar-refractivity contribution in [1.82, 2.24) is 14.5 Å². The van der Waals surface area contributed by atoms with Crippen LogP contribution in [0.1, 0.15) is 37.4 Å². The molecule has 3 rings (SSSR count). The molecule has 2 aromatic heterocycles. The summed E-state index contributed by atoms with van der Waals surface area (Å²) in [6.07, 6.45) is 1.15. The Morgan fingerprint density at radius 2 is 2.00 bits per heavy atom. The minimum absolute atomic E-state index is 0.0795. The number of hydrogen-bond donors (Lipinski definition) is 1. The summed E-state index contributed by atoms with van der Waals surface area (Å²) >= 11 is 0. The molecule has 2 atom stereocenters. The van der Waals surface area contributed by atoms with E-state index in [1.54, 1.807) is 0 Å².